The molecule has 0 spiro atoms. The number of carbonyl (C=O) groups excluding carboxylic acids is 3. The molecule has 0 N–H and O–H groups in total. The summed E-state index contributed by atoms with van der Waals surface area (Å²) in [6, 6.07) is 11.3. The Hall–Kier alpha value is -4.06. The highest BCUT2D eigenvalue weighted by molar-refractivity contribution is 5.99. The van der Waals surface area contributed by atoms with Gasteiger partial charge in [0.25, 0.3) is 5.91 Å². The minimum absolute atomic E-state index is 0.197. The molecule has 1 aliphatic rings. The van der Waals surface area contributed by atoms with Crippen LogP contribution in [-0.4, -0.2) is 61.2 Å². The largest absolute Gasteiger partial charge is 0.497 e. The summed E-state index contributed by atoms with van der Waals surface area (Å²) in [5, 5.41) is 9.54. The van der Waals surface area contributed by atoms with Crippen molar-refractivity contribution in [1.82, 2.24) is 9.47 Å². The molecule has 0 saturated carbocycles. The Morgan fingerprint density at radius 1 is 1.11 bits per heavy atom. The van der Waals surface area contributed by atoms with Gasteiger partial charge in [-0.15, -0.1) is 0 Å². The molecule has 1 aromatic heterocycles. The van der Waals surface area contributed by atoms with Crippen molar-refractivity contribution in [3.8, 4) is 17.5 Å². The van der Waals surface area contributed by atoms with E-state index in [0.29, 0.717) is 31.5 Å². The van der Waals surface area contributed by atoms with Gasteiger partial charge in [-0.2, -0.15) is 5.26 Å². The number of rotatable bonds is 7. The SMILES string of the molecule is COC(=O)C1CCN(C(=O)COC(=O)/C(C#N)=C/c2cc(C)n(-c3ccc(OC)cc3)c2C)CC1. The molecule has 2 heterocycles. The van der Waals surface area contributed by atoms with E-state index in [4.69, 9.17) is 14.2 Å². The maximum absolute atomic E-state index is 12.5. The number of piperidine rings is 1. The highest BCUT2D eigenvalue weighted by atomic mass is 16.5. The third-order valence-corrected chi connectivity index (χ3v) is 6.15. The van der Waals surface area contributed by atoms with Gasteiger partial charge in [-0.1, -0.05) is 0 Å². The van der Waals surface area contributed by atoms with Gasteiger partial charge < -0.3 is 23.7 Å². The summed E-state index contributed by atoms with van der Waals surface area (Å²) in [7, 11) is 2.95. The van der Waals surface area contributed by atoms with E-state index >= 15 is 0 Å². The highest BCUT2D eigenvalue weighted by Gasteiger charge is 2.28. The van der Waals surface area contributed by atoms with Crippen LogP contribution in [0.5, 0.6) is 5.75 Å². The first-order valence-electron chi connectivity index (χ1n) is 11.3. The Bertz CT molecular complexity index is 1160. The number of ether oxygens (including phenoxy) is 3. The molecule has 35 heavy (non-hydrogen) atoms. The standard InChI is InChI=1S/C26H29N3O6/c1-17-13-20(18(2)29(17)22-5-7-23(33-3)8-6-22)14-21(15-27)26(32)35-16-24(30)28-11-9-19(10-12-28)25(31)34-4/h5-8,13-14,19H,9-12,16H2,1-4H3/b21-14+. The summed E-state index contributed by atoms with van der Waals surface area (Å²) in [5.41, 5.74) is 3.19. The van der Waals surface area contributed by atoms with Gasteiger partial charge in [-0.3, -0.25) is 9.59 Å². The zero-order valence-corrected chi connectivity index (χ0v) is 20.4. The topological polar surface area (TPSA) is 111 Å². The van der Waals surface area contributed by atoms with Gasteiger partial charge in [0.05, 0.1) is 20.1 Å². The molecule has 1 fully saturated rings. The fourth-order valence-corrected chi connectivity index (χ4v) is 4.18. The van der Waals surface area contributed by atoms with E-state index in [0.717, 1.165) is 22.8 Å². The summed E-state index contributed by atoms with van der Waals surface area (Å²) in [5.74, 6) is -0.986. The Morgan fingerprint density at radius 2 is 1.77 bits per heavy atom. The van der Waals surface area contributed by atoms with E-state index in [1.165, 1.54) is 13.2 Å². The lowest BCUT2D eigenvalue weighted by Crippen LogP contribution is -2.42. The molecular formula is C26H29N3O6. The molecule has 9 heteroatoms. The second-order valence-electron chi connectivity index (χ2n) is 8.28. The van der Waals surface area contributed by atoms with Crippen LogP contribution in [0.25, 0.3) is 11.8 Å². The van der Waals surface area contributed by atoms with Crippen molar-refractivity contribution in [2.24, 2.45) is 5.92 Å². The molecular weight excluding hydrogens is 450 g/mol. The van der Waals surface area contributed by atoms with Gasteiger partial charge in [0, 0.05) is 30.2 Å². The van der Waals surface area contributed by atoms with Crippen molar-refractivity contribution in [2.75, 3.05) is 33.9 Å². The van der Waals surface area contributed by atoms with Crippen molar-refractivity contribution in [3.05, 3.63) is 52.9 Å². The highest BCUT2D eigenvalue weighted by Crippen LogP contribution is 2.24. The maximum Gasteiger partial charge on any atom is 0.349 e. The molecule has 1 aliphatic heterocycles. The van der Waals surface area contributed by atoms with Gasteiger partial charge in [-0.25, -0.2) is 4.79 Å². The van der Waals surface area contributed by atoms with Gasteiger partial charge in [0.1, 0.15) is 17.4 Å². The number of benzene rings is 1. The van der Waals surface area contributed by atoms with E-state index in [9.17, 15) is 19.6 Å². The Labute approximate surface area is 204 Å². The fraction of sp³-hybridized carbons (Fsp3) is 0.385. The van der Waals surface area contributed by atoms with Crippen LogP contribution in [-0.2, 0) is 23.9 Å². The lowest BCUT2D eigenvalue weighted by atomic mass is 9.97. The van der Waals surface area contributed by atoms with Crippen molar-refractivity contribution < 1.29 is 28.6 Å². The van der Waals surface area contributed by atoms with Crippen LogP contribution in [0.1, 0.15) is 29.8 Å². The quantitative estimate of drug-likeness (QED) is 0.341. The number of aromatic nitrogens is 1. The predicted molar refractivity (Wildman–Crippen MR) is 128 cm³/mol. The van der Waals surface area contributed by atoms with Gasteiger partial charge >= 0.3 is 11.9 Å². The number of amides is 1. The Morgan fingerprint density at radius 3 is 2.34 bits per heavy atom. The van der Waals surface area contributed by atoms with Gasteiger partial charge in [0.15, 0.2) is 6.61 Å². The minimum Gasteiger partial charge on any atom is -0.497 e. The molecule has 184 valence electrons. The van der Waals surface area contributed by atoms with Crippen LogP contribution >= 0.6 is 0 Å². The molecule has 0 radical (unpaired) electrons. The molecule has 0 unspecified atom stereocenters. The van der Waals surface area contributed by atoms with Crippen LogP contribution in [0.4, 0.5) is 0 Å². The van der Waals surface area contributed by atoms with Crippen LogP contribution in [0.3, 0.4) is 0 Å². The average Bonchev–Trinajstić information content (AvgIpc) is 3.17. The van der Waals surface area contributed by atoms with Crippen molar-refractivity contribution in [2.45, 2.75) is 26.7 Å². The van der Waals surface area contributed by atoms with Gasteiger partial charge in [0.2, 0.25) is 0 Å². The zero-order valence-electron chi connectivity index (χ0n) is 20.4. The molecule has 3 rings (SSSR count). The first-order valence-corrected chi connectivity index (χ1v) is 11.3. The van der Waals surface area contributed by atoms with Crippen LogP contribution < -0.4 is 4.74 Å². The smallest absolute Gasteiger partial charge is 0.349 e. The van der Waals surface area contributed by atoms with E-state index < -0.39 is 12.6 Å². The number of carbonyl (C=O) groups is 3. The number of hydrogen-bond acceptors (Lipinski definition) is 7. The molecule has 2 aromatic rings. The third-order valence-electron chi connectivity index (χ3n) is 6.15. The fourth-order valence-electron chi connectivity index (χ4n) is 4.18. The first kappa shape index (κ1) is 25.6. The van der Waals surface area contributed by atoms with E-state index in [-0.39, 0.29) is 23.4 Å². The van der Waals surface area contributed by atoms with Crippen LogP contribution in [0.15, 0.2) is 35.9 Å². The lowest BCUT2D eigenvalue weighted by molar-refractivity contribution is -0.152. The number of likely N-dealkylation sites (tertiary alicyclic amines) is 1. The first-order chi connectivity index (χ1) is 16.8. The second-order valence-corrected chi connectivity index (χ2v) is 8.28. The molecule has 9 nitrogen and oxygen atoms in total. The molecule has 1 amide bonds. The molecule has 1 aromatic carbocycles. The summed E-state index contributed by atoms with van der Waals surface area (Å²) < 4.78 is 17.1. The van der Waals surface area contributed by atoms with Crippen LogP contribution in [0.2, 0.25) is 0 Å². The summed E-state index contributed by atoms with van der Waals surface area (Å²) in [4.78, 5) is 38.1. The zero-order chi connectivity index (χ0) is 25.5. The van der Waals surface area contributed by atoms with Crippen molar-refractivity contribution >= 4 is 23.9 Å². The minimum atomic E-state index is -0.862. The molecule has 1 saturated heterocycles. The number of hydrogen-bond donors (Lipinski definition) is 0. The monoisotopic (exact) mass is 479 g/mol. The Balaban J connectivity index is 1.65. The number of nitriles is 1. The van der Waals surface area contributed by atoms with E-state index in [1.807, 2.05) is 54.8 Å². The van der Waals surface area contributed by atoms with Crippen molar-refractivity contribution in [3.63, 3.8) is 0 Å². The van der Waals surface area contributed by atoms with Crippen LogP contribution in [0, 0.1) is 31.1 Å². The normalized spacial score (nSPS) is 14.3. The predicted octanol–water partition coefficient (Wildman–Crippen LogP) is 2.96. The third kappa shape index (κ3) is 5.90. The molecule has 0 atom stereocenters. The average molecular weight is 480 g/mol. The number of methoxy groups -OCH3 is 2. The molecule has 0 bridgehead atoms. The second kappa shape index (κ2) is 11.4. The van der Waals surface area contributed by atoms with E-state index in [2.05, 4.69) is 0 Å². The Kier molecular flexibility index (Phi) is 8.31. The van der Waals surface area contributed by atoms with Gasteiger partial charge in [-0.05, 0) is 68.7 Å². The molecule has 0 aliphatic carbocycles. The number of nitrogens with zero attached hydrogens (tertiary/aromatic N) is 3. The summed E-state index contributed by atoms with van der Waals surface area (Å²) in [6.45, 7) is 4.13. The van der Waals surface area contributed by atoms with E-state index in [1.54, 1.807) is 12.0 Å². The summed E-state index contributed by atoms with van der Waals surface area (Å²) >= 11 is 0. The lowest BCUT2D eigenvalue weighted by Gasteiger charge is -2.30. The van der Waals surface area contributed by atoms with Crippen molar-refractivity contribution in [1.29, 1.82) is 5.26 Å². The maximum atomic E-state index is 12.5. The number of esters is 2. The number of aryl methyl sites for hydroxylation is 1. The summed E-state index contributed by atoms with van der Waals surface area (Å²) in [6.07, 6.45) is 2.47.